The number of amidine groups is 1. The number of allylic oxidation sites excluding steroid dienone is 2. The molecule has 4 aliphatic rings. The van der Waals surface area contributed by atoms with Crippen LogP contribution in [0.1, 0.15) is 36.8 Å². The first-order chi connectivity index (χ1) is 18.6. The molecule has 1 saturated carbocycles. The molecule has 1 unspecified atom stereocenters. The van der Waals surface area contributed by atoms with E-state index in [4.69, 9.17) is 15.6 Å². The molecule has 1 aliphatic carbocycles. The molecular weight excluding hydrogens is 472 g/mol. The maximum Gasteiger partial charge on any atom is 0.265 e. The molecule has 0 amide bonds. The Balaban J connectivity index is 1.17. The monoisotopic (exact) mass is 511 g/mol. The Morgan fingerprint density at radius 1 is 0.974 bits per heavy atom. The number of quaternary nitrogens is 1. The van der Waals surface area contributed by atoms with Gasteiger partial charge < -0.3 is 14.5 Å². The minimum absolute atomic E-state index is 0.0716. The zero-order valence-electron chi connectivity index (χ0n) is 22.4. The van der Waals surface area contributed by atoms with Crippen molar-refractivity contribution in [1.29, 1.82) is 0 Å². The number of nitrogens with two attached hydrogens (primary N) is 1. The first kappa shape index (κ1) is 25.2. The molecule has 3 heterocycles. The van der Waals surface area contributed by atoms with E-state index in [0.717, 1.165) is 52.9 Å². The van der Waals surface area contributed by atoms with Crippen LogP contribution in [-0.2, 0) is 6.61 Å². The molecule has 1 saturated heterocycles. The summed E-state index contributed by atoms with van der Waals surface area (Å²) in [6.45, 7) is 6.53. The number of aliphatic imine (C=N–C) groups is 2. The van der Waals surface area contributed by atoms with Crippen molar-refractivity contribution in [2.24, 2.45) is 27.7 Å². The third-order valence-electron chi connectivity index (χ3n) is 8.51. The van der Waals surface area contributed by atoms with Gasteiger partial charge in [-0.05, 0) is 62.4 Å². The van der Waals surface area contributed by atoms with Crippen LogP contribution in [-0.4, -0.2) is 66.2 Å². The van der Waals surface area contributed by atoms with Gasteiger partial charge in [-0.3, -0.25) is 4.99 Å². The molecule has 7 nitrogen and oxygen atoms in total. The van der Waals surface area contributed by atoms with Crippen LogP contribution in [0.5, 0.6) is 5.75 Å². The average molecular weight is 512 g/mol. The number of hydrogen-bond acceptors (Lipinski definition) is 6. The van der Waals surface area contributed by atoms with E-state index in [1.165, 1.54) is 45.6 Å². The van der Waals surface area contributed by atoms with Crippen LogP contribution in [0.3, 0.4) is 0 Å². The van der Waals surface area contributed by atoms with E-state index in [0.29, 0.717) is 12.5 Å². The van der Waals surface area contributed by atoms with Crippen molar-refractivity contribution in [3.05, 3.63) is 89.5 Å². The third kappa shape index (κ3) is 5.24. The highest BCUT2D eigenvalue weighted by molar-refractivity contribution is 6.00. The maximum absolute atomic E-state index is 7.03. The first-order valence-corrected chi connectivity index (χ1v) is 14.0. The largest absolute Gasteiger partial charge is 0.489 e. The Labute approximate surface area is 226 Å². The summed E-state index contributed by atoms with van der Waals surface area (Å²) < 4.78 is 6.19. The van der Waals surface area contributed by atoms with Crippen LogP contribution >= 0.6 is 0 Å². The molecule has 0 bridgehead atoms. The Morgan fingerprint density at radius 2 is 1.76 bits per heavy atom. The second-order valence-electron chi connectivity index (χ2n) is 11.2. The zero-order valence-corrected chi connectivity index (χ0v) is 22.4. The summed E-state index contributed by atoms with van der Waals surface area (Å²) in [6.07, 6.45) is 10.5. The van der Waals surface area contributed by atoms with Crippen molar-refractivity contribution in [2.45, 2.75) is 32.3 Å². The fourth-order valence-electron chi connectivity index (χ4n) is 6.19. The Bertz CT molecular complexity index is 1250. The number of ether oxygens (including phenoxy) is 1. The van der Waals surface area contributed by atoms with E-state index >= 15 is 0 Å². The quantitative estimate of drug-likeness (QED) is 0.438. The normalized spacial score (nSPS) is 27.9. The molecule has 2 aromatic rings. The highest BCUT2D eigenvalue weighted by Gasteiger charge is 2.46. The number of likely N-dealkylation sites (N-methyl/N-ethyl adjacent to an activating group) is 1. The number of hydrogen-bond donors (Lipinski definition) is 1. The highest BCUT2D eigenvalue weighted by Crippen LogP contribution is 2.41. The van der Waals surface area contributed by atoms with Crippen LogP contribution in [0, 0.1) is 11.8 Å². The summed E-state index contributed by atoms with van der Waals surface area (Å²) >= 11 is 0. The average Bonchev–Trinajstić information content (AvgIpc) is 3.27. The van der Waals surface area contributed by atoms with Gasteiger partial charge in [0.1, 0.15) is 24.3 Å². The summed E-state index contributed by atoms with van der Waals surface area (Å²) in [5, 5.41) is 0. The second kappa shape index (κ2) is 10.9. The highest BCUT2D eigenvalue weighted by atomic mass is 16.5. The molecule has 2 N–H and O–H groups in total. The molecule has 1 atom stereocenters. The van der Waals surface area contributed by atoms with Gasteiger partial charge in [0.15, 0.2) is 0 Å². The number of nitrogens with zero attached hydrogens (tertiary/aromatic N) is 5. The molecule has 38 heavy (non-hydrogen) atoms. The molecule has 2 aromatic carbocycles. The van der Waals surface area contributed by atoms with E-state index in [1.54, 1.807) is 6.20 Å². The maximum atomic E-state index is 7.03. The SMILES string of the molecule is CN1CCN(CC2CCC(C3=C4C=NC=C[N+]4(N)C(c4cccc(OCc5ccccc5)c4)=N3)CC2)CC1. The number of benzene rings is 2. The summed E-state index contributed by atoms with van der Waals surface area (Å²) in [6, 6.07) is 18.4. The van der Waals surface area contributed by atoms with Gasteiger partial charge in [0.2, 0.25) is 5.70 Å². The van der Waals surface area contributed by atoms with Gasteiger partial charge in [0, 0.05) is 38.6 Å². The summed E-state index contributed by atoms with van der Waals surface area (Å²) in [7, 11) is 2.22. The molecule has 2 fully saturated rings. The van der Waals surface area contributed by atoms with E-state index < -0.39 is 0 Å². The summed E-state index contributed by atoms with van der Waals surface area (Å²) in [4.78, 5) is 14.8. The van der Waals surface area contributed by atoms with Gasteiger partial charge >= 0.3 is 0 Å². The number of fused-ring (bicyclic) bond motifs is 1. The molecule has 198 valence electrons. The molecule has 3 aliphatic heterocycles. The molecule has 6 rings (SSSR count). The van der Waals surface area contributed by atoms with Crippen molar-refractivity contribution in [1.82, 2.24) is 9.80 Å². The van der Waals surface area contributed by atoms with Crippen LogP contribution in [0.2, 0.25) is 0 Å². The molecule has 0 aromatic heterocycles. The van der Waals surface area contributed by atoms with Crippen molar-refractivity contribution < 1.29 is 9.33 Å². The Morgan fingerprint density at radius 3 is 2.55 bits per heavy atom. The lowest BCUT2D eigenvalue weighted by Gasteiger charge is -2.36. The second-order valence-corrected chi connectivity index (χ2v) is 11.2. The minimum atomic E-state index is 0.0716. The van der Waals surface area contributed by atoms with Crippen LogP contribution < -0.4 is 10.6 Å². The molecule has 0 spiro atoms. The molecule has 0 radical (unpaired) electrons. The van der Waals surface area contributed by atoms with Crippen LogP contribution in [0.15, 0.2) is 88.4 Å². The molecular formula is C31H39N6O+. The van der Waals surface area contributed by atoms with Crippen molar-refractivity contribution in [3.8, 4) is 5.75 Å². The smallest absolute Gasteiger partial charge is 0.265 e. The van der Waals surface area contributed by atoms with Crippen LogP contribution in [0.25, 0.3) is 0 Å². The van der Waals surface area contributed by atoms with Gasteiger partial charge in [-0.25, -0.2) is 0 Å². The third-order valence-corrected chi connectivity index (χ3v) is 8.51. The zero-order chi connectivity index (χ0) is 26.0. The topological polar surface area (TPSA) is 66.5 Å². The van der Waals surface area contributed by atoms with Gasteiger partial charge in [-0.2, -0.15) is 10.8 Å². The predicted molar refractivity (Wildman–Crippen MR) is 152 cm³/mol. The minimum Gasteiger partial charge on any atom is -0.489 e. The predicted octanol–water partition coefficient (Wildman–Crippen LogP) is 4.54. The lowest BCUT2D eigenvalue weighted by Crippen LogP contribution is -2.53. The van der Waals surface area contributed by atoms with E-state index in [1.807, 2.05) is 42.7 Å². The number of rotatable bonds is 7. The molecule has 7 heteroatoms. The van der Waals surface area contributed by atoms with Gasteiger partial charge in [-0.1, -0.05) is 36.4 Å². The fourth-order valence-corrected chi connectivity index (χ4v) is 6.19. The van der Waals surface area contributed by atoms with E-state index in [-0.39, 0.29) is 4.59 Å². The van der Waals surface area contributed by atoms with Crippen molar-refractivity contribution in [3.63, 3.8) is 0 Å². The van der Waals surface area contributed by atoms with Gasteiger partial charge in [0.05, 0.1) is 18.0 Å². The van der Waals surface area contributed by atoms with Gasteiger partial charge in [0.25, 0.3) is 5.84 Å². The Kier molecular flexibility index (Phi) is 7.26. The Hall–Kier alpha value is -3.10. The number of piperazine rings is 1. The first-order valence-electron chi connectivity index (χ1n) is 14.0. The summed E-state index contributed by atoms with van der Waals surface area (Å²) in [5.74, 6) is 9.88. The van der Waals surface area contributed by atoms with Crippen molar-refractivity contribution in [2.75, 3.05) is 39.8 Å². The summed E-state index contributed by atoms with van der Waals surface area (Å²) in [5.41, 5.74) is 4.24. The van der Waals surface area contributed by atoms with Gasteiger partial charge in [-0.15, -0.1) is 4.59 Å². The van der Waals surface area contributed by atoms with E-state index in [9.17, 15) is 0 Å². The van der Waals surface area contributed by atoms with E-state index in [2.05, 4.69) is 46.1 Å². The standard InChI is InChI=1S/C31H39N6O/c1-35-15-17-36(18-16-35)22-24-10-12-26(13-11-24)30-29-21-33-14-19-37(29,32)31(34-30)27-8-5-9-28(20-27)38-23-25-6-3-2-4-7-25/h2-9,14,19-21,24,26H,10-13,15-18,22-23,32H2,1H3/q+1. The lowest BCUT2D eigenvalue weighted by atomic mass is 9.80. The fraction of sp³-hybridized carbons (Fsp3) is 0.419. The van der Waals surface area contributed by atoms with Crippen LogP contribution in [0.4, 0.5) is 0 Å². The van der Waals surface area contributed by atoms with Crippen molar-refractivity contribution >= 4 is 12.1 Å². The lowest BCUT2D eigenvalue weighted by molar-refractivity contribution is -0.750.